The molecule has 0 saturated carbocycles. The van der Waals surface area contributed by atoms with E-state index in [1.807, 2.05) is 20.9 Å². The van der Waals surface area contributed by atoms with E-state index in [0.29, 0.717) is 13.0 Å². The van der Waals surface area contributed by atoms with Crippen molar-refractivity contribution in [1.82, 2.24) is 19.8 Å². The number of rotatable bonds is 10. The van der Waals surface area contributed by atoms with E-state index >= 15 is 0 Å². The molecule has 1 aromatic heterocycles. The number of sulfonamides is 1. The summed E-state index contributed by atoms with van der Waals surface area (Å²) in [4.78, 5) is 0. The van der Waals surface area contributed by atoms with E-state index in [1.54, 1.807) is 4.68 Å². The second kappa shape index (κ2) is 8.51. The number of nitrogens with zero attached hydrogens (tertiary/aromatic N) is 2. The molecule has 0 saturated heterocycles. The van der Waals surface area contributed by atoms with Gasteiger partial charge in [-0.2, -0.15) is 5.10 Å². The minimum Gasteiger partial charge on any atom is -0.317 e. The van der Waals surface area contributed by atoms with Crippen LogP contribution in [-0.4, -0.2) is 37.0 Å². The maximum atomic E-state index is 12.0. The summed E-state index contributed by atoms with van der Waals surface area (Å²) in [5.41, 5.74) is 2.84. The minimum absolute atomic E-state index is 0.180. The molecule has 0 unspecified atom stereocenters. The van der Waals surface area contributed by atoms with Gasteiger partial charge in [0.25, 0.3) is 0 Å². The zero-order valence-electron chi connectivity index (χ0n) is 13.6. The fourth-order valence-electron chi connectivity index (χ4n) is 2.17. The van der Waals surface area contributed by atoms with Gasteiger partial charge in [0.15, 0.2) is 0 Å². The predicted octanol–water partition coefficient (Wildman–Crippen LogP) is 1.24. The first-order valence-electron chi connectivity index (χ1n) is 7.54. The third kappa shape index (κ3) is 6.15. The van der Waals surface area contributed by atoms with Crippen LogP contribution in [0.1, 0.15) is 43.1 Å². The van der Waals surface area contributed by atoms with Crippen molar-refractivity contribution < 1.29 is 8.42 Å². The van der Waals surface area contributed by atoms with Crippen molar-refractivity contribution >= 4 is 10.0 Å². The van der Waals surface area contributed by atoms with Gasteiger partial charge >= 0.3 is 0 Å². The molecule has 7 heteroatoms. The quantitative estimate of drug-likeness (QED) is 0.637. The van der Waals surface area contributed by atoms with Gasteiger partial charge in [-0.25, -0.2) is 13.1 Å². The number of hydrogen-bond donors (Lipinski definition) is 2. The first kappa shape index (κ1) is 18.1. The molecule has 1 heterocycles. The highest BCUT2D eigenvalue weighted by Gasteiger charge is 2.14. The summed E-state index contributed by atoms with van der Waals surface area (Å²) in [6.07, 6.45) is 2.66. The molecule has 0 bridgehead atoms. The lowest BCUT2D eigenvalue weighted by molar-refractivity contribution is 0.572. The number of unbranched alkanes of at least 4 members (excludes halogenated alkanes) is 1. The second-order valence-corrected chi connectivity index (χ2v) is 7.30. The fourth-order valence-corrected chi connectivity index (χ4v) is 3.26. The standard InChI is InChI=1S/C14H28N4O2S/c1-5-8-15-9-6-7-10-21(19,20)16-11-14-12(2)17-18(4)13(14)3/h15-16H,5-11H2,1-4H3. The molecule has 0 aromatic carbocycles. The Balaban J connectivity index is 2.36. The molecule has 6 nitrogen and oxygen atoms in total. The van der Waals surface area contributed by atoms with E-state index in [1.165, 1.54) is 0 Å². The molecule has 0 fully saturated rings. The summed E-state index contributed by atoms with van der Waals surface area (Å²) >= 11 is 0. The van der Waals surface area contributed by atoms with Crippen LogP contribution in [-0.2, 0) is 23.6 Å². The average molecular weight is 316 g/mol. The van der Waals surface area contributed by atoms with Crippen LogP contribution >= 0.6 is 0 Å². The molecule has 1 rings (SSSR count). The molecule has 122 valence electrons. The summed E-state index contributed by atoms with van der Waals surface area (Å²) in [5.74, 6) is 0.180. The van der Waals surface area contributed by atoms with Crippen LogP contribution in [0, 0.1) is 13.8 Å². The van der Waals surface area contributed by atoms with Gasteiger partial charge in [-0.1, -0.05) is 6.92 Å². The molecule has 0 atom stereocenters. The maximum absolute atomic E-state index is 12.0. The Morgan fingerprint density at radius 1 is 1.19 bits per heavy atom. The molecule has 0 aliphatic rings. The van der Waals surface area contributed by atoms with Crippen molar-refractivity contribution in [2.24, 2.45) is 7.05 Å². The molecular weight excluding hydrogens is 288 g/mol. The van der Waals surface area contributed by atoms with E-state index < -0.39 is 10.0 Å². The Kier molecular flexibility index (Phi) is 7.34. The molecule has 0 aliphatic heterocycles. The van der Waals surface area contributed by atoms with Gasteiger partial charge in [-0.3, -0.25) is 4.68 Å². The summed E-state index contributed by atoms with van der Waals surface area (Å²) in [7, 11) is -1.35. The third-order valence-corrected chi connectivity index (χ3v) is 4.98. The Labute approximate surface area is 128 Å². The molecular formula is C14H28N4O2S. The van der Waals surface area contributed by atoms with Crippen LogP contribution < -0.4 is 10.0 Å². The highest BCUT2D eigenvalue weighted by atomic mass is 32.2. The Bertz CT molecular complexity index is 537. The first-order valence-corrected chi connectivity index (χ1v) is 9.19. The van der Waals surface area contributed by atoms with Crippen molar-refractivity contribution in [1.29, 1.82) is 0 Å². The molecule has 0 amide bonds. The van der Waals surface area contributed by atoms with E-state index in [0.717, 1.165) is 42.9 Å². The topological polar surface area (TPSA) is 76.0 Å². The van der Waals surface area contributed by atoms with Gasteiger partial charge in [-0.15, -0.1) is 0 Å². The van der Waals surface area contributed by atoms with Gasteiger partial charge in [0.05, 0.1) is 11.4 Å². The lowest BCUT2D eigenvalue weighted by Crippen LogP contribution is -2.27. The number of aromatic nitrogens is 2. The molecule has 1 aromatic rings. The van der Waals surface area contributed by atoms with Gasteiger partial charge in [-0.05, 0) is 46.2 Å². The lowest BCUT2D eigenvalue weighted by atomic mass is 10.2. The highest BCUT2D eigenvalue weighted by molar-refractivity contribution is 7.89. The molecule has 0 aliphatic carbocycles. The monoisotopic (exact) mass is 316 g/mol. The van der Waals surface area contributed by atoms with E-state index in [9.17, 15) is 8.42 Å². The number of aryl methyl sites for hydroxylation is 2. The summed E-state index contributed by atoms with van der Waals surface area (Å²) in [5, 5.41) is 7.56. The minimum atomic E-state index is -3.21. The van der Waals surface area contributed by atoms with Gasteiger partial charge in [0.2, 0.25) is 10.0 Å². The van der Waals surface area contributed by atoms with Crippen LogP contribution in [0.2, 0.25) is 0 Å². The molecule has 21 heavy (non-hydrogen) atoms. The van der Waals surface area contributed by atoms with Crippen molar-refractivity contribution in [3.05, 3.63) is 17.0 Å². The number of hydrogen-bond acceptors (Lipinski definition) is 4. The van der Waals surface area contributed by atoms with Crippen LogP contribution in [0.15, 0.2) is 0 Å². The van der Waals surface area contributed by atoms with Gasteiger partial charge in [0, 0.05) is 24.8 Å². The van der Waals surface area contributed by atoms with Crippen LogP contribution in [0.5, 0.6) is 0 Å². The van der Waals surface area contributed by atoms with Crippen LogP contribution in [0.25, 0.3) is 0 Å². The Morgan fingerprint density at radius 2 is 1.90 bits per heavy atom. The largest absolute Gasteiger partial charge is 0.317 e. The summed E-state index contributed by atoms with van der Waals surface area (Å²) in [6, 6.07) is 0. The first-order chi connectivity index (χ1) is 9.87. The Hall–Kier alpha value is -0.920. The average Bonchev–Trinajstić information content (AvgIpc) is 2.65. The fraction of sp³-hybridized carbons (Fsp3) is 0.786. The summed E-state index contributed by atoms with van der Waals surface area (Å²) < 4.78 is 28.4. The van der Waals surface area contributed by atoms with E-state index in [4.69, 9.17) is 0 Å². The molecule has 0 spiro atoms. The third-order valence-electron chi connectivity index (χ3n) is 3.57. The predicted molar refractivity (Wildman–Crippen MR) is 85.7 cm³/mol. The highest BCUT2D eigenvalue weighted by Crippen LogP contribution is 2.11. The van der Waals surface area contributed by atoms with Crippen LogP contribution in [0.3, 0.4) is 0 Å². The zero-order valence-corrected chi connectivity index (χ0v) is 14.4. The van der Waals surface area contributed by atoms with Crippen molar-refractivity contribution in [2.75, 3.05) is 18.8 Å². The SMILES string of the molecule is CCCNCCCCS(=O)(=O)NCc1c(C)nn(C)c1C. The van der Waals surface area contributed by atoms with E-state index in [2.05, 4.69) is 22.1 Å². The second-order valence-electron chi connectivity index (χ2n) is 5.37. The zero-order chi connectivity index (χ0) is 15.9. The van der Waals surface area contributed by atoms with Gasteiger partial charge < -0.3 is 5.32 Å². The lowest BCUT2D eigenvalue weighted by Gasteiger charge is -2.07. The normalized spacial score (nSPS) is 12.0. The smallest absolute Gasteiger partial charge is 0.211 e. The van der Waals surface area contributed by atoms with Crippen molar-refractivity contribution in [2.45, 2.75) is 46.6 Å². The van der Waals surface area contributed by atoms with Crippen LogP contribution in [0.4, 0.5) is 0 Å². The van der Waals surface area contributed by atoms with E-state index in [-0.39, 0.29) is 5.75 Å². The Morgan fingerprint density at radius 3 is 2.48 bits per heavy atom. The maximum Gasteiger partial charge on any atom is 0.211 e. The van der Waals surface area contributed by atoms with Crippen molar-refractivity contribution in [3.63, 3.8) is 0 Å². The number of nitrogens with one attached hydrogen (secondary N) is 2. The summed E-state index contributed by atoms with van der Waals surface area (Å²) in [6.45, 7) is 8.15. The molecule has 2 N–H and O–H groups in total. The molecule has 0 radical (unpaired) electrons. The van der Waals surface area contributed by atoms with Gasteiger partial charge in [0.1, 0.15) is 0 Å². The van der Waals surface area contributed by atoms with Crippen molar-refractivity contribution in [3.8, 4) is 0 Å².